The summed E-state index contributed by atoms with van der Waals surface area (Å²) in [5.41, 5.74) is 0. The Morgan fingerprint density at radius 1 is 1.29 bits per heavy atom. The van der Waals surface area contributed by atoms with Gasteiger partial charge in [0, 0.05) is 24.6 Å². The third kappa shape index (κ3) is 2.27. The fourth-order valence-electron chi connectivity index (χ4n) is 2.05. The second kappa shape index (κ2) is 4.83. The van der Waals surface area contributed by atoms with Gasteiger partial charge in [-0.05, 0) is 5.16 Å². The molecule has 0 spiro atoms. The summed E-state index contributed by atoms with van der Waals surface area (Å²) < 4.78 is 10.5. The summed E-state index contributed by atoms with van der Waals surface area (Å²) in [7, 11) is 0. The first-order valence-electron chi connectivity index (χ1n) is 5.76. The Labute approximate surface area is 103 Å². The number of morpholine rings is 1. The van der Waals surface area contributed by atoms with Crippen LogP contribution in [0, 0.1) is 0 Å². The van der Waals surface area contributed by atoms with E-state index in [1.807, 2.05) is 4.90 Å². The van der Waals surface area contributed by atoms with Crippen molar-refractivity contribution in [3.8, 4) is 0 Å². The summed E-state index contributed by atoms with van der Waals surface area (Å²) in [6.45, 7) is 2.99. The first kappa shape index (κ1) is 11.3. The number of aromatic nitrogens is 2. The van der Waals surface area contributed by atoms with Gasteiger partial charge in [-0.2, -0.15) is 16.7 Å². The van der Waals surface area contributed by atoms with E-state index in [1.165, 1.54) is 0 Å². The van der Waals surface area contributed by atoms with E-state index in [-0.39, 0.29) is 12.0 Å². The third-order valence-electron chi connectivity index (χ3n) is 3.09. The highest BCUT2D eigenvalue weighted by Crippen LogP contribution is 2.32. The molecule has 0 amide bonds. The minimum absolute atomic E-state index is 0.0118. The molecule has 0 aromatic carbocycles. The quantitative estimate of drug-likeness (QED) is 0.805. The summed E-state index contributed by atoms with van der Waals surface area (Å²) in [6.07, 6.45) is -0.363. The molecule has 1 aromatic rings. The van der Waals surface area contributed by atoms with Crippen LogP contribution >= 0.6 is 11.8 Å². The van der Waals surface area contributed by atoms with Gasteiger partial charge in [-0.25, -0.2) is 0 Å². The molecule has 0 aliphatic carbocycles. The Balaban J connectivity index is 1.73. The van der Waals surface area contributed by atoms with Crippen LogP contribution in [-0.4, -0.2) is 59.2 Å². The number of thioether (sulfide) groups is 1. The highest BCUT2D eigenvalue weighted by atomic mass is 32.2. The third-order valence-corrected chi connectivity index (χ3v) is 4.26. The summed E-state index contributed by atoms with van der Waals surface area (Å²) in [5.74, 6) is 2.77. The molecule has 2 unspecified atom stereocenters. The molecule has 17 heavy (non-hydrogen) atoms. The summed E-state index contributed by atoms with van der Waals surface area (Å²) in [6, 6.07) is 0. The van der Waals surface area contributed by atoms with Crippen molar-refractivity contribution in [2.75, 3.05) is 42.7 Å². The predicted octanol–water partition coefficient (Wildman–Crippen LogP) is 0.0975. The summed E-state index contributed by atoms with van der Waals surface area (Å²) in [5, 5.41) is 13.8. The molecule has 1 N–H and O–H groups in total. The minimum Gasteiger partial charge on any atom is -0.391 e. The lowest BCUT2D eigenvalue weighted by Gasteiger charge is -2.24. The van der Waals surface area contributed by atoms with E-state index < -0.39 is 0 Å². The summed E-state index contributed by atoms with van der Waals surface area (Å²) >= 11 is 1.72. The molecule has 6 nitrogen and oxygen atoms in total. The molecule has 94 valence electrons. The van der Waals surface area contributed by atoms with Crippen LogP contribution in [0.2, 0.25) is 0 Å². The monoisotopic (exact) mass is 257 g/mol. The van der Waals surface area contributed by atoms with Gasteiger partial charge >= 0.3 is 0 Å². The van der Waals surface area contributed by atoms with Gasteiger partial charge < -0.3 is 19.3 Å². The van der Waals surface area contributed by atoms with Crippen LogP contribution in [-0.2, 0) is 4.74 Å². The van der Waals surface area contributed by atoms with Gasteiger partial charge in [0.1, 0.15) is 0 Å². The minimum atomic E-state index is -0.363. The van der Waals surface area contributed by atoms with Crippen molar-refractivity contribution in [1.29, 1.82) is 0 Å². The first-order chi connectivity index (χ1) is 8.34. The van der Waals surface area contributed by atoms with Gasteiger partial charge in [0.25, 0.3) is 5.95 Å². The van der Waals surface area contributed by atoms with Crippen molar-refractivity contribution in [1.82, 2.24) is 10.1 Å². The smallest absolute Gasteiger partial charge is 0.266 e. The highest BCUT2D eigenvalue weighted by Gasteiger charge is 2.32. The van der Waals surface area contributed by atoms with Gasteiger partial charge in [-0.1, -0.05) is 0 Å². The van der Waals surface area contributed by atoms with Gasteiger partial charge in [-0.15, -0.1) is 0 Å². The number of hydrogen-bond donors (Lipinski definition) is 1. The van der Waals surface area contributed by atoms with E-state index >= 15 is 0 Å². The maximum atomic E-state index is 9.78. The molecule has 3 rings (SSSR count). The molecule has 2 saturated heterocycles. The summed E-state index contributed by atoms with van der Waals surface area (Å²) in [4.78, 5) is 6.43. The molecule has 2 atom stereocenters. The zero-order valence-corrected chi connectivity index (χ0v) is 10.2. The van der Waals surface area contributed by atoms with Crippen LogP contribution in [0.15, 0.2) is 4.52 Å². The molecule has 2 aliphatic heterocycles. The molecule has 0 bridgehead atoms. The normalized spacial score (nSPS) is 29.8. The van der Waals surface area contributed by atoms with Crippen molar-refractivity contribution < 1.29 is 14.4 Å². The number of ether oxygens (including phenoxy) is 1. The molecule has 0 radical (unpaired) electrons. The topological polar surface area (TPSA) is 71.6 Å². The van der Waals surface area contributed by atoms with E-state index in [9.17, 15) is 5.11 Å². The lowest BCUT2D eigenvalue weighted by molar-refractivity contribution is 0.121. The van der Waals surface area contributed by atoms with Crippen molar-refractivity contribution >= 4 is 17.7 Å². The van der Waals surface area contributed by atoms with E-state index in [1.54, 1.807) is 11.8 Å². The predicted molar refractivity (Wildman–Crippen MR) is 63.4 cm³/mol. The molecular weight excluding hydrogens is 242 g/mol. The maximum absolute atomic E-state index is 9.78. The fraction of sp³-hybridized carbons (Fsp3) is 0.800. The zero-order chi connectivity index (χ0) is 11.7. The van der Waals surface area contributed by atoms with Gasteiger partial charge in [0.15, 0.2) is 0 Å². The van der Waals surface area contributed by atoms with Crippen LogP contribution in [0.25, 0.3) is 0 Å². The Hall–Kier alpha value is -0.790. The SMILES string of the molecule is OC1CSCC1c1nc(N2CCOCC2)no1. The molecule has 1 aromatic heterocycles. The van der Waals surface area contributed by atoms with Crippen molar-refractivity contribution in [3.63, 3.8) is 0 Å². The lowest BCUT2D eigenvalue weighted by Crippen LogP contribution is -2.36. The molecule has 7 heteroatoms. The van der Waals surface area contributed by atoms with Crippen LogP contribution < -0.4 is 4.90 Å². The van der Waals surface area contributed by atoms with Gasteiger partial charge in [0.05, 0.1) is 25.2 Å². The standard InChI is InChI=1S/C10H15N3O3S/c14-8-6-17-5-7(8)9-11-10(12-16-9)13-1-3-15-4-2-13/h7-8,14H,1-6H2. The van der Waals surface area contributed by atoms with E-state index in [2.05, 4.69) is 10.1 Å². The maximum Gasteiger partial charge on any atom is 0.266 e. The average molecular weight is 257 g/mol. The number of rotatable bonds is 2. The molecule has 2 fully saturated rings. The van der Waals surface area contributed by atoms with Crippen LogP contribution in [0.4, 0.5) is 5.95 Å². The zero-order valence-electron chi connectivity index (χ0n) is 9.41. The van der Waals surface area contributed by atoms with E-state index in [4.69, 9.17) is 9.26 Å². The number of aliphatic hydroxyl groups is 1. The number of aliphatic hydroxyl groups excluding tert-OH is 1. The van der Waals surface area contributed by atoms with E-state index in [0.717, 1.165) is 24.6 Å². The van der Waals surface area contributed by atoms with Crippen LogP contribution in [0.5, 0.6) is 0 Å². The Kier molecular flexibility index (Phi) is 3.21. The van der Waals surface area contributed by atoms with Crippen LogP contribution in [0.3, 0.4) is 0 Å². The Morgan fingerprint density at radius 2 is 2.12 bits per heavy atom. The first-order valence-corrected chi connectivity index (χ1v) is 6.92. The molecular formula is C10H15N3O3S. The second-order valence-corrected chi connectivity index (χ2v) is 5.32. The van der Waals surface area contributed by atoms with Gasteiger partial charge in [-0.3, -0.25) is 0 Å². The number of hydrogen-bond acceptors (Lipinski definition) is 7. The lowest BCUT2D eigenvalue weighted by atomic mass is 10.1. The van der Waals surface area contributed by atoms with Crippen molar-refractivity contribution in [2.24, 2.45) is 0 Å². The fourth-order valence-corrected chi connectivity index (χ4v) is 3.28. The number of nitrogens with zero attached hydrogens (tertiary/aromatic N) is 3. The number of anilines is 1. The largest absolute Gasteiger partial charge is 0.391 e. The van der Waals surface area contributed by atoms with Crippen LogP contribution in [0.1, 0.15) is 11.8 Å². The second-order valence-electron chi connectivity index (χ2n) is 4.24. The molecule has 3 heterocycles. The highest BCUT2D eigenvalue weighted by molar-refractivity contribution is 7.99. The Bertz CT molecular complexity index is 381. The molecule has 0 saturated carbocycles. The Morgan fingerprint density at radius 3 is 2.82 bits per heavy atom. The van der Waals surface area contributed by atoms with Gasteiger partial charge in [0.2, 0.25) is 5.89 Å². The molecule has 2 aliphatic rings. The van der Waals surface area contributed by atoms with E-state index in [0.29, 0.717) is 25.1 Å². The average Bonchev–Trinajstić information content (AvgIpc) is 2.98. The van der Waals surface area contributed by atoms with Crippen molar-refractivity contribution in [3.05, 3.63) is 5.89 Å². The van der Waals surface area contributed by atoms with Crippen molar-refractivity contribution in [2.45, 2.75) is 12.0 Å².